The molecule has 1 aromatic heterocycles. The van der Waals surface area contributed by atoms with E-state index in [2.05, 4.69) is 16.7 Å². The minimum absolute atomic E-state index is 1.19. The lowest BCUT2D eigenvalue weighted by Gasteiger charge is -2.08. The van der Waals surface area contributed by atoms with E-state index >= 15 is 0 Å². The number of aryl methyl sites for hydroxylation is 1. The first-order chi connectivity index (χ1) is 9.11. The van der Waals surface area contributed by atoms with E-state index in [0.29, 0.717) is 0 Å². The van der Waals surface area contributed by atoms with Crippen LogP contribution in [-0.2, 0) is 17.2 Å². The molecule has 20 heavy (non-hydrogen) atoms. The molecule has 9 heteroatoms. The molecule has 0 saturated heterocycles. The molecule has 2 rings (SSSR count). The Bertz CT molecular complexity index is 651. The average Bonchev–Trinajstić information content (AvgIpc) is 2.75. The topological polar surface area (TPSA) is 66.0 Å². The molecule has 0 N–H and O–H groups in total. The maximum Gasteiger partial charge on any atom is 0.485 e. The fourth-order valence-electron chi connectivity index (χ4n) is 1.20. The molecule has 0 bridgehead atoms. The van der Waals surface area contributed by atoms with Crippen LogP contribution in [0.1, 0.15) is 0 Å². The number of hydrogen-bond acceptors (Lipinski definition) is 3. The van der Waals surface area contributed by atoms with E-state index in [4.69, 9.17) is 13.0 Å². The van der Waals surface area contributed by atoms with Gasteiger partial charge in [0.05, 0.1) is 7.05 Å². The quantitative estimate of drug-likeness (QED) is 0.454. The number of rotatable bonds is 1. The highest BCUT2D eigenvalue weighted by atomic mass is 32.2. The van der Waals surface area contributed by atoms with Crippen molar-refractivity contribution in [1.82, 2.24) is 4.57 Å². The lowest BCUT2D eigenvalue weighted by molar-refractivity contribution is -0.595. The molecule has 0 saturated carbocycles. The molecule has 0 amide bonds. The summed E-state index contributed by atoms with van der Waals surface area (Å²) in [7, 11) is -4.08. The molecular formula is C11H11F3N2O3S. The van der Waals surface area contributed by atoms with Crippen LogP contribution >= 0.6 is 0 Å². The Morgan fingerprint density at radius 3 is 2.05 bits per heavy atom. The summed E-state index contributed by atoms with van der Waals surface area (Å²) in [4.78, 5) is 0. The van der Waals surface area contributed by atoms with Gasteiger partial charge in [-0.1, -0.05) is 18.2 Å². The van der Waals surface area contributed by atoms with E-state index in [9.17, 15) is 13.2 Å². The highest BCUT2D eigenvalue weighted by molar-refractivity contribution is 7.86. The normalized spacial score (nSPS) is 11.7. The van der Waals surface area contributed by atoms with Crippen LogP contribution < -0.4 is 4.57 Å². The van der Waals surface area contributed by atoms with Crippen molar-refractivity contribution in [2.45, 2.75) is 5.51 Å². The zero-order valence-corrected chi connectivity index (χ0v) is 11.1. The van der Waals surface area contributed by atoms with Crippen molar-refractivity contribution in [3.8, 4) is 5.69 Å². The summed E-state index contributed by atoms with van der Waals surface area (Å²) in [5.41, 5.74) is -4.45. The number of halogens is 3. The molecule has 0 radical (unpaired) electrons. The van der Waals surface area contributed by atoms with E-state index in [1.165, 1.54) is 5.69 Å². The fraction of sp³-hybridized carbons (Fsp3) is 0.182. The highest BCUT2D eigenvalue weighted by Crippen LogP contribution is 2.20. The van der Waals surface area contributed by atoms with Gasteiger partial charge in [-0.05, 0) is 12.1 Å². The van der Waals surface area contributed by atoms with Crippen LogP contribution in [-0.4, -0.2) is 23.0 Å². The number of alkyl halides is 3. The van der Waals surface area contributed by atoms with E-state index in [1.807, 2.05) is 48.5 Å². The summed E-state index contributed by atoms with van der Waals surface area (Å²) in [6.45, 7) is 0. The summed E-state index contributed by atoms with van der Waals surface area (Å²) in [5, 5.41) is 0. The van der Waals surface area contributed by atoms with Crippen molar-refractivity contribution in [2.75, 3.05) is 0 Å². The Hall–Kier alpha value is -1.87. The molecule has 0 unspecified atom stereocenters. The van der Waals surface area contributed by atoms with Crippen LogP contribution in [0.2, 0.25) is 0 Å². The first kappa shape index (κ1) is 16.2. The fourth-order valence-corrected chi connectivity index (χ4v) is 1.20. The van der Waals surface area contributed by atoms with Gasteiger partial charge in [-0.3, -0.25) is 0 Å². The second-order valence-corrected chi connectivity index (χ2v) is 5.09. The predicted octanol–water partition coefficient (Wildman–Crippen LogP) is 1.35. The zero-order valence-electron chi connectivity index (χ0n) is 10.3. The van der Waals surface area contributed by atoms with Crippen molar-refractivity contribution in [2.24, 2.45) is 7.05 Å². The second-order valence-electron chi connectivity index (χ2n) is 3.72. The number of para-hydroxylation sites is 1. The molecule has 0 fully saturated rings. The number of nitrogens with zero attached hydrogens (tertiary/aromatic N) is 2. The smallest absolute Gasteiger partial charge is 0.485 e. The monoisotopic (exact) mass is 308 g/mol. The molecular weight excluding hydrogens is 297 g/mol. The van der Waals surface area contributed by atoms with Crippen LogP contribution in [0.5, 0.6) is 0 Å². The molecule has 1 aromatic carbocycles. The Morgan fingerprint density at radius 1 is 1.20 bits per heavy atom. The number of aromatic nitrogens is 2. The van der Waals surface area contributed by atoms with E-state index in [1.54, 1.807) is 0 Å². The third kappa shape index (κ3) is 4.67. The van der Waals surface area contributed by atoms with Gasteiger partial charge < -0.3 is 4.55 Å². The van der Waals surface area contributed by atoms with Gasteiger partial charge in [0.15, 0.2) is 10.1 Å². The minimum Gasteiger partial charge on any atom is -0.741 e. The van der Waals surface area contributed by atoms with Crippen LogP contribution in [0.25, 0.3) is 5.69 Å². The van der Waals surface area contributed by atoms with Crippen molar-refractivity contribution >= 4 is 10.1 Å². The van der Waals surface area contributed by atoms with Crippen LogP contribution in [0.15, 0.2) is 49.1 Å². The first-order valence-electron chi connectivity index (χ1n) is 5.22. The summed E-state index contributed by atoms with van der Waals surface area (Å²) < 4.78 is 63.0. The van der Waals surface area contributed by atoms with E-state index in [-0.39, 0.29) is 0 Å². The van der Waals surface area contributed by atoms with Crippen LogP contribution in [0.4, 0.5) is 13.2 Å². The van der Waals surface area contributed by atoms with Gasteiger partial charge in [0.1, 0.15) is 18.1 Å². The summed E-state index contributed by atoms with van der Waals surface area (Å²) in [6, 6.07) is 10.3. The maximum absolute atomic E-state index is 10.7. The van der Waals surface area contributed by atoms with Gasteiger partial charge in [-0.25, -0.2) is 17.6 Å². The Morgan fingerprint density at radius 2 is 1.70 bits per heavy atom. The number of imidazole rings is 1. The summed E-state index contributed by atoms with van der Waals surface area (Å²) in [5.74, 6) is 0. The third-order valence-corrected chi connectivity index (χ3v) is 2.67. The minimum atomic E-state index is -6.09. The first-order valence-corrected chi connectivity index (χ1v) is 6.63. The van der Waals surface area contributed by atoms with Crippen molar-refractivity contribution in [1.29, 1.82) is 0 Å². The van der Waals surface area contributed by atoms with Crippen molar-refractivity contribution in [3.63, 3.8) is 0 Å². The molecule has 0 spiro atoms. The van der Waals surface area contributed by atoms with Crippen LogP contribution in [0, 0.1) is 0 Å². The Balaban J connectivity index is 0.000000221. The number of hydrogen-bond donors (Lipinski definition) is 0. The average molecular weight is 308 g/mol. The second kappa shape index (κ2) is 6.06. The lowest BCUT2D eigenvalue weighted by Crippen LogP contribution is -2.26. The largest absolute Gasteiger partial charge is 0.741 e. The standard InChI is InChI=1S/C10H11N2.CHF3O3S/c1-11-7-8-12(9-11)10-5-3-2-4-6-10;2-1(3,4)8(5,6)7/h2-9H,1H3;(H,5,6,7)/q+1;/p-1. The van der Waals surface area contributed by atoms with Gasteiger partial charge in [0, 0.05) is 0 Å². The van der Waals surface area contributed by atoms with Crippen LogP contribution in [0.3, 0.4) is 0 Å². The SMILES string of the molecule is Cn1cc[n+](-c2ccccc2)c1.O=S(=O)([O-])C(F)(F)F. The lowest BCUT2D eigenvalue weighted by atomic mass is 10.3. The zero-order chi connectivity index (χ0) is 15.4. The summed E-state index contributed by atoms with van der Waals surface area (Å²) >= 11 is 0. The third-order valence-electron chi connectivity index (χ3n) is 2.11. The van der Waals surface area contributed by atoms with Gasteiger partial charge in [0.2, 0.25) is 6.33 Å². The molecule has 0 aliphatic carbocycles. The van der Waals surface area contributed by atoms with Gasteiger partial charge in [-0.2, -0.15) is 13.2 Å². The molecule has 5 nitrogen and oxygen atoms in total. The Kier molecular flexibility index (Phi) is 4.90. The summed E-state index contributed by atoms with van der Waals surface area (Å²) in [6.07, 6.45) is 6.09. The highest BCUT2D eigenvalue weighted by Gasteiger charge is 2.36. The predicted molar refractivity (Wildman–Crippen MR) is 62.7 cm³/mol. The molecule has 0 aliphatic rings. The van der Waals surface area contributed by atoms with Gasteiger partial charge in [-0.15, -0.1) is 0 Å². The van der Waals surface area contributed by atoms with Crippen molar-refractivity contribution < 1.29 is 30.7 Å². The number of benzene rings is 1. The van der Waals surface area contributed by atoms with E-state index < -0.39 is 15.6 Å². The molecule has 0 atom stereocenters. The Labute approximate surface area is 113 Å². The van der Waals surface area contributed by atoms with Crippen molar-refractivity contribution in [3.05, 3.63) is 49.1 Å². The van der Waals surface area contributed by atoms with Gasteiger partial charge >= 0.3 is 5.51 Å². The van der Waals surface area contributed by atoms with E-state index in [0.717, 1.165) is 0 Å². The molecule has 1 heterocycles. The molecule has 2 aromatic rings. The van der Waals surface area contributed by atoms with Gasteiger partial charge in [0.25, 0.3) is 0 Å². The maximum atomic E-state index is 10.7. The molecule has 110 valence electrons. The molecule has 0 aliphatic heterocycles.